The minimum atomic E-state index is 0.0293. The number of amides is 2. The first-order valence-corrected chi connectivity index (χ1v) is 9.86. The van der Waals surface area contributed by atoms with E-state index in [0.29, 0.717) is 0 Å². The molecule has 2 amide bonds. The minimum absolute atomic E-state index is 0.0293. The van der Waals surface area contributed by atoms with Crippen molar-refractivity contribution in [2.75, 3.05) is 49.5 Å². The summed E-state index contributed by atoms with van der Waals surface area (Å²) in [5.74, 6) is 0. The monoisotopic (exact) mass is 344 g/mol. The van der Waals surface area contributed by atoms with Gasteiger partial charge in [0.2, 0.25) is 0 Å². The van der Waals surface area contributed by atoms with Crippen LogP contribution in [-0.2, 0) is 0 Å². The predicted octanol–water partition coefficient (Wildman–Crippen LogP) is 3.62. The fourth-order valence-electron chi connectivity index (χ4n) is 4.11. The third-order valence-corrected chi connectivity index (χ3v) is 5.69. The predicted molar refractivity (Wildman–Crippen MR) is 104 cm³/mol. The average molecular weight is 345 g/mol. The summed E-state index contributed by atoms with van der Waals surface area (Å²) in [7, 11) is 0. The fourth-order valence-corrected chi connectivity index (χ4v) is 4.11. The van der Waals surface area contributed by atoms with Crippen LogP contribution < -0.4 is 10.2 Å². The summed E-state index contributed by atoms with van der Waals surface area (Å²) in [5, 5.41) is 3.05. The maximum Gasteiger partial charge on any atom is 0.321 e. The summed E-state index contributed by atoms with van der Waals surface area (Å²) in [4.78, 5) is 19.3. The van der Waals surface area contributed by atoms with Gasteiger partial charge in [0.25, 0.3) is 0 Å². The third-order valence-electron chi connectivity index (χ3n) is 5.69. The van der Waals surface area contributed by atoms with Gasteiger partial charge in [-0.3, -0.25) is 4.90 Å². The van der Waals surface area contributed by atoms with Crippen LogP contribution in [0.15, 0.2) is 24.3 Å². The van der Waals surface area contributed by atoms with Gasteiger partial charge in [-0.15, -0.1) is 0 Å². The van der Waals surface area contributed by atoms with E-state index in [1.165, 1.54) is 31.4 Å². The Bertz CT molecular complexity index is 541. The van der Waals surface area contributed by atoms with Crippen LogP contribution in [0.2, 0.25) is 0 Å². The highest BCUT2D eigenvalue weighted by atomic mass is 16.2. The molecule has 1 saturated heterocycles. The zero-order chi connectivity index (χ0) is 17.6. The van der Waals surface area contributed by atoms with Gasteiger partial charge < -0.3 is 15.1 Å². The smallest absolute Gasteiger partial charge is 0.321 e. The number of piperazine rings is 1. The van der Waals surface area contributed by atoms with E-state index in [1.54, 1.807) is 0 Å². The van der Waals surface area contributed by atoms with E-state index in [2.05, 4.69) is 41.1 Å². The minimum Gasteiger partial charge on any atom is -0.372 e. The maximum atomic E-state index is 12.5. The van der Waals surface area contributed by atoms with Gasteiger partial charge in [0.15, 0.2) is 0 Å². The lowest BCUT2D eigenvalue weighted by molar-refractivity contribution is 0.115. The maximum absolute atomic E-state index is 12.5. The SMILES string of the molecule is CCN(CC)c1ccc(NC(=O)N2CCN(C3CCCC3)CC2)cc1. The van der Waals surface area contributed by atoms with Crippen molar-refractivity contribution in [1.82, 2.24) is 9.80 Å². The molecule has 0 spiro atoms. The van der Waals surface area contributed by atoms with Crippen molar-refractivity contribution in [3.63, 3.8) is 0 Å². The van der Waals surface area contributed by atoms with Crippen LogP contribution in [0.25, 0.3) is 0 Å². The zero-order valence-corrected chi connectivity index (χ0v) is 15.7. The second kappa shape index (κ2) is 8.56. The Hall–Kier alpha value is -1.75. The number of carbonyl (C=O) groups is 1. The highest BCUT2D eigenvalue weighted by Gasteiger charge is 2.27. The van der Waals surface area contributed by atoms with Gasteiger partial charge in [-0.25, -0.2) is 4.79 Å². The molecule has 1 heterocycles. The van der Waals surface area contributed by atoms with Crippen LogP contribution in [0.4, 0.5) is 16.2 Å². The van der Waals surface area contributed by atoms with Gasteiger partial charge >= 0.3 is 6.03 Å². The lowest BCUT2D eigenvalue weighted by Crippen LogP contribution is -2.52. The van der Waals surface area contributed by atoms with E-state index in [0.717, 1.165) is 51.0 Å². The number of nitrogens with one attached hydrogen (secondary N) is 1. The number of nitrogens with zero attached hydrogens (tertiary/aromatic N) is 3. The van der Waals surface area contributed by atoms with Crippen molar-refractivity contribution in [2.45, 2.75) is 45.6 Å². The Morgan fingerprint density at radius 2 is 1.64 bits per heavy atom. The van der Waals surface area contributed by atoms with E-state index in [-0.39, 0.29) is 6.03 Å². The first-order chi connectivity index (χ1) is 12.2. The molecule has 1 aliphatic carbocycles. The van der Waals surface area contributed by atoms with E-state index in [4.69, 9.17) is 0 Å². The topological polar surface area (TPSA) is 38.8 Å². The molecule has 0 unspecified atom stereocenters. The summed E-state index contributed by atoms with van der Waals surface area (Å²) in [6.07, 6.45) is 5.42. The second-order valence-electron chi connectivity index (χ2n) is 7.11. The Kier molecular flexibility index (Phi) is 6.19. The third kappa shape index (κ3) is 4.46. The van der Waals surface area contributed by atoms with Crippen LogP contribution in [0.1, 0.15) is 39.5 Å². The molecule has 3 rings (SSSR count). The van der Waals surface area contributed by atoms with Crippen molar-refractivity contribution in [2.24, 2.45) is 0 Å². The summed E-state index contributed by atoms with van der Waals surface area (Å²) in [6.45, 7) is 9.99. The van der Waals surface area contributed by atoms with E-state index < -0.39 is 0 Å². The molecule has 5 heteroatoms. The number of benzene rings is 1. The molecule has 0 atom stereocenters. The van der Waals surface area contributed by atoms with E-state index in [1.807, 2.05) is 17.0 Å². The van der Waals surface area contributed by atoms with Gasteiger partial charge in [-0.1, -0.05) is 12.8 Å². The molecule has 1 N–H and O–H groups in total. The van der Waals surface area contributed by atoms with E-state index >= 15 is 0 Å². The van der Waals surface area contributed by atoms with Crippen LogP contribution in [0.5, 0.6) is 0 Å². The average Bonchev–Trinajstić information content (AvgIpc) is 3.19. The van der Waals surface area contributed by atoms with Crippen LogP contribution in [0, 0.1) is 0 Å². The summed E-state index contributed by atoms with van der Waals surface area (Å²) >= 11 is 0. The molecule has 0 bridgehead atoms. The van der Waals surface area contributed by atoms with Crippen molar-refractivity contribution in [1.29, 1.82) is 0 Å². The Labute approximate surface area is 152 Å². The van der Waals surface area contributed by atoms with Gasteiger partial charge in [0.1, 0.15) is 0 Å². The lowest BCUT2D eigenvalue weighted by atomic mass is 10.2. The lowest BCUT2D eigenvalue weighted by Gasteiger charge is -2.38. The first kappa shape index (κ1) is 18.1. The molecule has 1 saturated carbocycles. The van der Waals surface area contributed by atoms with Crippen LogP contribution in [0.3, 0.4) is 0 Å². The van der Waals surface area contributed by atoms with Crippen LogP contribution in [-0.4, -0.2) is 61.1 Å². The molecule has 25 heavy (non-hydrogen) atoms. The first-order valence-electron chi connectivity index (χ1n) is 9.86. The number of hydrogen-bond donors (Lipinski definition) is 1. The summed E-state index contributed by atoms with van der Waals surface area (Å²) in [6, 6.07) is 8.96. The van der Waals surface area contributed by atoms with Crippen molar-refractivity contribution < 1.29 is 4.79 Å². The molecular weight excluding hydrogens is 312 g/mol. The number of rotatable bonds is 5. The molecule has 138 valence electrons. The molecule has 1 aromatic carbocycles. The Balaban J connectivity index is 1.49. The number of carbonyl (C=O) groups excluding carboxylic acids is 1. The fraction of sp³-hybridized carbons (Fsp3) is 0.650. The molecular formula is C20H32N4O. The number of hydrogen-bond acceptors (Lipinski definition) is 3. The van der Waals surface area contributed by atoms with Gasteiger partial charge in [0, 0.05) is 56.7 Å². The zero-order valence-electron chi connectivity index (χ0n) is 15.7. The Morgan fingerprint density at radius 1 is 1.04 bits per heavy atom. The highest BCUT2D eigenvalue weighted by molar-refractivity contribution is 5.89. The number of urea groups is 1. The van der Waals surface area contributed by atoms with Gasteiger partial charge in [-0.2, -0.15) is 0 Å². The highest BCUT2D eigenvalue weighted by Crippen LogP contribution is 2.24. The summed E-state index contributed by atoms with van der Waals surface area (Å²) in [5.41, 5.74) is 2.08. The van der Waals surface area contributed by atoms with Crippen molar-refractivity contribution >= 4 is 17.4 Å². The standard InChI is InChI=1S/C20H32N4O/c1-3-22(4-2)19-11-9-17(10-12-19)21-20(25)24-15-13-23(14-16-24)18-7-5-6-8-18/h9-12,18H,3-8,13-16H2,1-2H3,(H,21,25). The molecule has 2 aliphatic rings. The molecule has 2 fully saturated rings. The molecule has 1 aromatic rings. The van der Waals surface area contributed by atoms with Gasteiger partial charge in [0.05, 0.1) is 0 Å². The Morgan fingerprint density at radius 3 is 2.20 bits per heavy atom. The second-order valence-corrected chi connectivity index (χ2v) is 7.11. The van der Waals surface area contributed by atoms with Crippen LogP contribution >= 0.6 is 0 Å². The summed E-state index contributed by atoms with van der Waals surface area (Å²) < 4.78 is 0. The number of anilines is 2. The molecule has 0 radical (unpaired) electrons. The molecule has 1 aliphatic heterocycles. The van der Waals surface area contributed by atoms with Crippen molar-refractivity contribution in [3.8, 4) is 0 Å². The normalized spacial score (nSPS) is 19.2. The molecule has 0 aromatic heterocycles. The quantitative estimate of drug-likeness (QED) is 0.886. The van der Waals surface area contributed by atoms with Gasteiger partial charge in [-0.05, 0) is 51.0 Å². The van der Waals surface area contributed by atoms with E-state index in [9.17, 15) is 4.79 Å². The largest absolute Gasteiger partial charge is 0.372 e. The van der Waals surface area contributed by atoms with Crippen molar-refractivity contribution in [3.05, 3.63) is 24.3 Å². The molecule has 5 nitrogen and oxygen atoms in total.